The molecule has 0 fully saturated rings. The molecule has 0 saturated heterocycles. The van der Waals surface area contributed by atoms with Crippen molar-refractivity contribution in [1.82, 2.24) is 15.3 Å². The van der Waals surface area contributed by atoms with Gasteiger partial charge in [0.05, 0.1) is 6.42 Å². The zero-order valence-electron chi connectivity index (χ0n) is 9.42. The maximum atomic E-state index is 11.5. The van der Waals surface area contributed by atoms with Crippen LogP contribution in [-0.2, 0) is 20.8 Å². The summed E-state index contributed by atoms with van der Waals surface area (Å²) < 4.78 is 0. The summed E-state index contributed by atoms with van der Waals surface area (Å²) in [7, 11) is 0. The smallest absolute Gasteiger partial charge is 0.326 e. The van der Waals surface area contributed by atoms with Crippen molar-refractivity contribution < 1.29 is 24.6 Å². The zero-order valence-corrected chi connectivity index (χ0v) is 9.42. The summed E-state index contributed by atoms with van der Waals surface area (Å²) in [5.41, 5.74) is 0. The molecule has 0 spiro atoms. The van der Waals surface area contributed by atoms with E-state index in [9.17, 15) is 14.4 Å². The van der Waals surface area contributed by atoms with Crippen LogP contribution in [0, 0.1) is 0 Å². The Kier molecular flexibility index (Phi) is 4.85. The van der Waals surface area contributed by atoms with Crippen LogP contribution in [0.3, 0.4) is 0 Å². The van der Waals surface area contributed by atoms with E-state index in [1.165, 1.54) is 6.20 Å². The number of nitrogens with zero attached hydrogens (tertiary/aromatic N) is 1. The fraction of sp³-hybridized carbons (Fsp3) is 0.400. The highest BCUT2D eigenvalue weighted by Crippen LogP contribution is 1.99. The number of rotatable bonds is 7. The Labute approximate surface area is 102 Å². The summed E-state index contributed by atoms with van der Waals surface area (Å²) in [6.45, 7) is 0. The average Bonchev–Trinajstić information content (AvgIpc) is 2.76. The molecule has 8 heteroatoms. The maximum Gasteiger partial charge on any atom is 0.326 e. The Morgan fingerprint density at radius 1 is 1.39 bits per heavy atom. The highest BCUT2D eigenvalue weighted by molar-refractivity contribution is 5.84. The second-order valence-electron chi connectivity index (χ2n) is 3.60. The van der Waals surface area contributed by atoms with E-state index in [1.807, 2.05) is 0 Å². The molecule has 0 aliphatic heterocycles. The predicted molar refractivity (Wildman–Crippen MR) is 58.7 cm³/mol. The van der Waals surface area contributed by atoms with Crippen LogP contribution in [0.25, 0.3) is 0 Å². The number of nitrogens with one attached hydrogen (secondary N) is 2. The Morgan fingerprint density at radius 2 is 2.11 bits per heavy atom. The lowest BCUT2D eigenvalue weighted by atomic mass is 10.1. The van der Waals surface area contributed by atoms with E-state index in [-0.39, 0.29) is 19.3 Å². The normalized spacial score (nSPS) is 11.8. The maximum absolute atomic E-state index is 11.5. The second kappa shape index (κ2) is 6.38. The van der Waals surface area contributed by atoms with Gasteiger partial charge in [-0.2, -0.15) is 0 Å². The SMILES string of the molecule is O=C(O)CCC(NC(=O)Cc1ncc[nH]1)C(=O)O. The number of carbonyl (C=O) groups is 3. The van der Waals surface area contributed by atoms with Gasteiger partial charge >= 0.3 is 11.9 Å². The minimum absolute atomic E-state index is 0.0795. The summed E-state index contributed by atoms with van der Waals surface area (Å²) in [5, 5.41) is 19.5. The van der Waals surface area contributed by atoms with E-state index in [4.69, 9.17) is 10.2 Å². The van der Waals surface area contributed by atoms with E-state index in [0.717, 1.165) is 0 Å². The molecule has 0 aromatic carbocycles. The highest BCUT2D eigenvalue weighted by Gasteiger charge is 2.21. The van der Waals surface area contributed by atoms with Gasteiger partial charge in [0.2, 0.25) is 5.91 Å². The fourth-order valence-corrected chi connectivity index (χ4v) is 1.32. The minimum Gasteiger partial charge on any atom is -0.481 e. The number of amides is 1. The number of H-pyrrole nitrogens is 1. The van der Waals surface area contributed by atoms with E-state index in [0.29, 0.717) is 5.82 Å². The van der Waals surface area contributed by atoms with E-state index in [2.05, 4.69) is 15.3 Å². The summed E-state index contributed by atoms with van der Waals surface area (Å²) in [6, 6.07) is -1.21. The van der Waals surface area contributed by atoms with Crippen LogP contribution in [0.1, 0.15) is 18.7 Å². The molecule has 1 atom stereocenters. The van der Waals surface area contributed by atoms with Crippen LogP contribution in [0.15, 0.2) is 12.4 Å². The Morgan fingerprint density at radius 3 is 2.61 bits per heavy atom. The fourth-order valence-electron chi connectivity index (χ4n) is 1.32. The van der Waals surface area contributed by atoms with Crippen molar-refractivity contribution in [1.29, 1.82) is 0 Å². The molecular weight excluding hydrogens is 242 g/mol. The largest absolute Gasteiger partial charge is 0.481 e. The molecule has 0 bridgehead atoms. The molecule has 1 aromatic heterocycles. The first-order valence-corrected chi connectivity index (χ1v) is 5.21. The summed E-state index contributed by atoms with van der Waals surface area (Å²) in [5.74, 6) is -2.48. The van der Waals surface area contributed by atoms with Crippen LogP contribution in [0.4, 0.5) is 0 Å². The molecule has 1 unspecified atom stereocenters. The van der Waals surface area contributed by atoms with Gasteiger partial charge in [0.15, 0.2) is 0 Å². The Balaban J connectivity index is 2.47. The first-order valence-electron chi connectivity index (χ1n) is 5.21. The summed E-state index contributed by atoms with van der Waals surface area (Å²) in [4.78, 5) is 39.2. The van der Waals surface area contributed by atoms with Gasteiger partial charge in [-0.15, -0.1) is 0 Å². The monoisotopic (exact) mass is 255 g/mol. The van der Waals surface area contributed by atoms with Crippen LogP contribution in [0.5, 0.6) is 0 Å². The van der Waals surface area contributed by atoms with Crippen molar-refractivity contribution in [3.63, 3.8) is 0 Å². The van der Waals surface area contributed by atoms with Gasteiger partial charge in [-0.25, -0.2) is 9.78 Å². The predicted octanol–water partition coefficient (Wildman–Crippen LogP) is -0.614. The molecular formula is C10H13N3O5. The number of aromatic nitrogens is 2. The third-order valence-electron chi connectivity index (χ3n) is 2.16. The second-order valence-corrected chi connectivity index (χ2v) is 3.60. The number of aliphatic carboxylic acids is 2. The lowest BCUT2D eigenvalue weighted by Gasteiger charge is -2.12. The van der Waals surface area contributed by atoms with E-state index >= 15 is 0 Å². The molecule has 0 aliphatic carbocycles. The zero-order chi connectivity index (χ0) is 13.5. The van der Waals surface area contributed by atoms with Gasteiger partial charge in [-0.3, -0.25) is 9.59 Å². The Bertz CT molecular complexity index is 429. The number of imidazole rings is 1. The minimum atomic E-state index is -1.26. The Hall–Kier alpha value is -2.38. The molecule has 0 radical (unpaired) electrons. The average molecular weight is 255 g/mol. The van der Waals surface area contributed by atoms with Gasteiger partial charge < -0.3 is 20.5 Å². The molecule has 1 amide bonds. The number of hydrogen-bond acceptors (Lipinski definition) is 4. The lowest BCUT2D eigenvalue weighted by Crippen LogP contribution is -2.41. The van der Waals surface area contributed by atoms with Gasteiger partial charge in [-0.1, -0.05) is 0 Å². The number of carboxylic acid groups (broad SMARTS) is 2. The molecule has 1 aromatic rings. The summed E-state index contributed by atoms with van der Waals surface area (Å²) >= 11 is 0. The van der Waals surface area contributed by atoms with Gasteiger partial charge in [0.25, 0.3) is 0 Å². The van der Waals surface area contributed by atoms with Gasteiger partial charge in [0.1, 0.15) is 11.9 Å². The highest BCUT2D eigenvalue weighted by atomic mass is 16.4. The number of carbonyl (C=O) groups excluding carboxylic acids is 1. The van der Waals surface area contributed by atoms with Crippen molar-refractivity contribution in [2.24, 2.45) is 0 Å². The first kappa shape index (κ1) is 13.7. The van der Waals surface area contributed by atoms with Gasteiger partial charge in [-0.05, 0) is 6.42 Å². The van der Waals surface area contributed by atoms with Crippen molar-refractivity contribution in [2.45, 2.75) is 25.3 Å². The number of aromatic amines is 1. The molecule has 98 valence electrons. The molecule has 18 heavy (non-hydrogen) atoms. The van der Waals surface area contributed by atoms with Crippen LogP contribution >= 0.6 is 0 Å². The summed E-state index contributed by atoms with van der Waals surface area (Å²) in [6.07, 6.45) is 2.46. The molecule has 0 saturated carbocycles. The van der Waals surface area contributed by atoms with E-state index < -0.39 is 23.9 Å². The standard InChI is InChI=1S/C10H13N3O5/c14-8(5-7-11-3-4-12-7)13-6(10(17)18)1-2-9(15)16/h3-4,6H,1-2,5H2,(H,11,12)(H,13,14)(H,15,16)(H,17,18). The van der Waals surface area contributed by atoms with Crippen LogP contribution in [0.2, 0.25) is 0 Å². The van der Waals surface area contributed by atoms with Crippen molar-refractivity contribution in [2.75, 3.05) is 0 Å². The third kappa shape index (κ3) is 4.64. The topological polar surface area (TPSA) is 132 Å². The number of carboxylic acids is 2. The van der Waals surface area contributed by atoms with Crippen molar-refractivity contribution in [3.05, 3.63) is 18.2 Å². The van der Waals surface area contributed by atoms with Gasteiger partial charge in [0, 0.05) is 18.8 Å². The first-order chi connectivity index (χ1) is 8.49. The molecule has 0 aliphatic rings. The lowest BCUT2D eigenvalue weighted by molar-refractivity contribution is -0.143. The van der Waals surface area contributed by atoms with Crippen molar-refractivity contribution >= 4 is 17.8 Å². The van der Waals surface area contributed by atoms with Crippen LogP contribution in [-0.4, -0.2) is 44.1 Å². The van der Waals surface area contributed by atoms with Crippen LogP contribution < -0.4 is 5.32 Å². The molecule has 1 heterocycles. The molecule has 1 rings (SSSR count). The third-order valence-corrected chi connectivity index (χ3v) is 2.16. The van der Waals surface area contributed by atoms with Crippen molar-refractivity contribution in [3.8, 4) is 0 Å². The van der Waals surface area contributed by atoms with E-state index in [1.54, 1.807) is 6.20 Å². The number of hydrogen-bond donors (Lipinski definition) is 4. The molecule has 8 nitrogen and oxygen atoms in total. The molecule has 4 N–H and O–H groups in total. The quantitative estimate of drug-likeness (QED) is 0.513.